The van der Waals surface area contributed by atoms with E-state index in [0.29, 0.717) is 0 Å². The number of fused-ring (bicyclic) bond motifs is 1. The maximum atomic E-state index is 4.02. The van der Waals surface area contributed by atoms with Crippen molar-refractivity contribution in [3.8, 4) is 10.4 Å². The number of thioether (sulfide) groups is 2. The molecule has 3 rings (SSSR count). The van der Waals surface area contributed by atoms with Gasteiger partial charge in [-0.2, -0.15) is 0 Å². The summed E-state index contributed by atoms with van der Waals surface area (Å²) in [7, 11) is 0. The Balaban J connectivity index is 2.03. The molecular formula is C14H10S3. The van der Waals surface area contributed by atoms with Crippen molar-refractivity contribution >= 4 is 34.9 Å². The van der Waals surface area contributed by atoms with Gasteiger partial charge in [0.1, 0.15) is 0 Å². The van der Waals surface area contributed by atoms with Crippen molar-refractivity contribution in [1.82, 2.24) is 0 Å². The second-order valence-electron chi connectivity index (χ2n) is 3.62. The first-order valence-electron chi connectivity index (χ1n) is 5.22. The van der Waals surface area contributed by atoms with Crippen molar-refractivity contribution in [1.29, 1.82) is 0 Å². The molecule has 0 radical (unpaired) electrons. The molecule has 0 atom stereocenters. The largest absolute Gasteiger partial charge is 0.127 e. The molecule has 0 amide bonds. The summed E-state index contributed by atoms with van der Waals surface area (Å²) in [4.78, 5) is 3.77. The van der Waals surface area contributed by atoms with Crippen LogP contribution in [0.1, 0.15) is 0 Å². The standard InChI is InChI=1S/C14H10S3/c1-10-7-8-15-14-13(16-10)9-12(17-14)11-5-3-2-4-6-11/h2-9H,1H2. The molecule has 0 fully saturated rings. The fourth-order valence-corrected chi connectivity index (χ4v) is 4.91. The summed E-state index contributed by atoms with van der Waals surface area (Å²) in [6.45, 7) is 4.02. The second-order valence-corrected chi connectivity index (χ2v) is 7.01. The molecule has 0 nitrogen and oxygen atoms in total. The van der Waals surface area contributed by atoms with E-state index < -0.39 is 0 Å². The predicted molar refractivity (Wildman–Crippen MR) is 79.7 cm³/mol. The van der Waals surface area contributed by atoms with Gasteiger partial charge in [0.2, 0.25) is 0 Å². The lowest BCUT2D eigenvalue weighted by molar-refractivity contribution is 1.41. The summed E-state index contributed by atoms with van der Waals surface area (Å²) < 4.78 is 1.36. The number of benzene rings is 1. The van der Waals surface area contributed by atoms with Crippen LogP contribution >= 0.6 is 34.9 Å². The van der Waals surface area contributed by atoms with Crippen molar-refractivity contribution in [3.05, 3.63) is 59.4 Å². The molecule has 0 aliphatic carbocycles. The monoisotopic (exact) mass is 274 g/mol. The van der Waals surface area contributed by atoms with Gasteiger partial charge < -0.3 is 0 Å². The van der Waals surface area contributed by atoms with Crippen molar-refractivity contribution < 1.29 is 0 Å². The third-order valence-corrected chi connectivity index (χ3v) is 5.82. The molecule has 0 saturated carbocycles. The lowest BCUT2D eigenvalue weighted by Crippen LogP contribution is -1.69. The lowest BCUT2D eigenvalue weighted by atomic mass is 10.2. The van der Waals surface area contributed by atoms with Gasteiger partial charge in [0.25, 0.3) is 0 Å². The van der Waals surface area contributed by atoms with Gasteiger partial charge in [0.05, 0.1) is 4.21 Å². The molecule has 1 aromatic heterocycles. The zero-order chi connectivity index (χ0) is 11.7. The van der Waals surface area contributed by atoms with Crippen molar-refractivity contribution in [3.63, 3.8) is 0 Å². The normalized spacial score (nSPS) is 14.5. The Labute approximate surface area is 113 Å². The van der Waals surface area contributed by atoms with E-state index in [0.717, 1.165) is 4.91 Å². The van der Waals surface area contributed by atoms with E-state index in [1.54, 1.807) is 23.5 Å². The third kappa shape index (κ3) is 2.37. The highest BCUT2D eigenvalue weighted by Crippen LogP contribution is 2.46. The van der Waals surface area contributed by atoms with Crippen LogP contribution in [0.3, 0.4) is 0 Å². The van der Waals surface area contributed by atoms with Crippen LogP contribution in [0.2, 0.25) is 0 Å². The minimum Gasteiger partial charge on any atom is -0.127 e. The van der Waals surface area contributed by atoms with E-state index >= 15 is 0 Å². The number of allylic oxidation sites excluding steroid dienone is 1. The fourth-order valence-electron chi connectivity index (χ4n) is 1.60. The molecule has 1 aromatic carbocycles. The SMILES string of the molecule is C=C1C=CSc2sc(-c3ccccc3)cc2S1. The summed E-state index contributed by atoms with van der Waals surface area (Å²) in [6.07, 6.45) is 2.07. The molecule has 2 aromatic rings. The van der Waals surface area contributed by atoms with E-state index in [9.17, 15) is 0 Å². The Kier molecular flexibility index (Phi) is 3.14. The van der Waals surface area contributed by atoms with Gasteiger partial charge in [-0.15, -0.1) is 11.3 Å². The molecule has 3 heteroatoms. The van der Waals surface area contributed by atoms with Crippen molar-refractivity contribution in [2.24, 2.45) is 0 Å². The van der Waals surface area contributed by atoms with Gasteiger partial charge in [-0.25, -0.2) is 0 Å². The van der Waals surface area contributed by atoms with Gasteiger partial charge in [-0.05, 0) is 23.1 Å². The predicted octanol–water partition coefficient (Wildman–Crippen LogP) is 5.64. The summed E-state index contributed by atoms with van der Waals surface area (Å²) in [5, 5.41) is 2.12. The maximum Gasteiger partial charge on any atom is 0.0786 e. The molecule has 0 saturated heterocycles. The highest BCUT2D eigenvalue weighted by Gasteiger charge is 2.13. The highest BCUT2D eigenvalue weighted by molar-refractivity contribution is 8.07. The first-order chi connectivity index (χ1) is 8.33. The van der Waals surface area contributed by atoms with Crippen LogP contribution in [0.25, 0.3) is 10.4 Å². The third-order valence-electron chi connectivity index (χ3n) is 2.39. The lowest BCUT2D eigenvalue weighted by Gasteiger charge is -1.95. The Morgan fingerprint density at radius 2 is 1.88 bits per heavy atom. The molecular weight excluding hydrogens is 264 g/mol. The van der Waals surface area contributed by atoms with Crippen LogP contribution in [0.15, 0.2) is 68.5 Å². The smallest absolute Gasteiger partial charge is 0.0786 e. The van der Waals surface area contributed by atoms with E-state index in [1.165, 1.54) is 19.5 Å². The number of thiophene rings is 1. The zero-order valence-electron chi connectivity index (χ0n) is 9.05. The van der Waals surface area contributed by atoms with E-state index in [2.05, 4.69) is 54.5 Å². The Bertz CT molecular complexity index is 579. The molecule has 17 heavy (non-hydrogen) atoms. The van der Waals surface area contributed by atoms with Crippen molar-refractivity contribution in [2.75, 3.05) is 0 Å². The number of hydrogen-bond donors (Lipinski definition) is 0. The van der Waals surface area contributed by atoms with Crippen molar-refractivity contribution in [2.45, 2.75) is 9.10 Å². The molecule has 1 aliphatic heterocycles. The first kappa shape index (κ1) is 11.2. The van der Waals surface area contributed by atoms with Gasteiger partial charge >= 0.3 is 0 Å². The summed E-state index contributed by atoms with van der Waals surface area (Å²) in [5.41, 5.74) is 1.29. The maximum absolute atomic E-state index is 4.02. The van der Waals surface area contributed by atoms with Crippen LogP contribution in [0.4, 0.5) is 0 Å². The van der Waals surface area contributed by atoms with E-state index in [1.807, 2.05) is 11.3 Å². The second kappa shape index (κ2) is 4.77. The minimum absolute atomic E-state index is 1.11. The topological polar surface area (TPSA) is 0 Å². The van der Waals surface area contributed by atoms with Gasteiger partial charge in [0.15, 0.2) is 0 Å². The van der Waals surface area contributed by atoms with E-state index in [4.69, 9.17) is 0 Å². The zero-order valence-corrected chi connectivity index (χ0v) is 11.5. The Morgan fingerprint density at radius 1 is 1.06 bits per heavy atom. The van der Waals surface area contributed by atoms with Gasteiger partial charge in [0, 0.05) is 14.7 Å². The average molecular weight is 274 g/mol. The Morgan fingerprint density at radius 3 is 2.71 bits per heavy atom. The summed E-state index contributed by atoms with van der Waals surface area (Å²) in [5.74, 6) is 0. The van der Waals surface area contributed by atoms with Crippen LogP contribution in [0, 0.1) is 0 Å². The first-order valence-corrected chi connectivity index (χ1v) is 7.73. The van der Waals surface area contributed by atoms with E-state index in [-0.39, 0.29) is 0 Å². The Hall–Kier alpha value is -0.900. The highest BCUT2D eigenvalue weighted by atomic mass is 32.2. The molecule has 2 heterocycles. The van der Waals surface area contributed by atoms with Gasteiger partial charge in [-0.1, -0.05) is 60.4 Å². The molecule has 0 unspecified atom stereocenters. The van der Waals surface area contributed by atoms with Crippen LogP contribution in [-0.4, -0.2) is 0 Å². The molecule has 0 N–H and O–H groups in total. The minimum atomic E-state index is 1.11. The summed E-state index contributed by atoms with van der Waals surface area (Å²) in [6, 6.07) is 12.8. The van der Waals surface area contributed by atoms with Crippen LogP contribution in [0.5, 0.6) is 0 Å². The quantitative estimate of drug-likeness (QED) is 0.660. The average Bonchev–Trinajstić information content (AvgIpc) is 2.66. The molecule has 84 valence electrons. The number of rotatable bonds is 1. The summed E-state index contributed by atoms with van der Waals surface area (Å²) >= 11 is 5.40. The van der Waals surface area contributed by atoms with Crippen LogP contribution < -0.4 is 0 Å². The number of hydrogen-bond acceptors (Lipinski definition) is 3. The molecule has 0 bridgehead atoms. The molecule has 0 spiro atoms. The van der Waals surface area contributed by atoms with Gasteiger partial charge in [-0.3, -0.25) is 0 Å². The fraction of sp³-hybridized carbons (Fsp3) is 0. The van der Waals surface area contributed by atoms with Crippen LogP contribution in [-0.2, 0) is 0 Å². The molecule has 1 aliphatic rings.